The third kappa shape index (κ3) is 1.89. The average molecular weight is 231 g/mol. The molecular formula is C13H17N3O. The van der Waals surface area contributed by atoms with Crippen LogP contribution < -0.4 is 5.73 Å². The quantitative estimate of drug-likeness (QED) is 0.806. The van der Waals surface area contributed by atoms with Crippen molar-refractivity contribution in [2.45, 2.75) is 32.4 Å². The number of rotatable bonds is 2. The first kappa shape index (κ1) is 10.6. The van der Waals surface area contributed by atoms with Gasteiger partial charge >= 0.3 is 0 Å². The molecule has 4 nitrogen and oxygen atoms in total. The lowest BCUT2D eigenvalue weighted by Gasteiger charge is -2.18. The number of anilines is 1. The standard InChI is InChI=1S/C13H17N3O/c1-9-4-3-7-16(9)8-12-15-13-10(14)5-2-6-11(13)17-12/h2,5-6,9H,3-4,7-8,14H2,1H3. The minimum Gasteiger partial charge on any atom is -0.439 e. The van der Waals surface area contributed by atoms with Gasteiger partial charge in [0.2, 0.25) is 5.89 Å². The molecule has 2 heterocycles. The highest BCUT2D eigenvalue weighted by molar-refractivity contribution is 5.85. The minimum absolute atomic E-state index is 0.627. The number of nitrogens with two attached hydrogens (primary N) is 1. The first-order valence-corrected chi connectivity index (χ1v) is 6.12. The lowest BCUT2D eigenvalue weighted by molar-refractivity contribution is 0.236. The van der Waals surface area contributed by atoms with E-state index in [1.54, 1.807) is 0 Å². The highest BCUT2D eigenvalue weighted by Crippen LogP contribution is 2.24. The van der Waals surface area contributed by atoms with Crippen LogP contribution in [0, 0.1) is 0 Å². The monoisotopic (exact) mass is 231 g/mol. The van der Waals surface area contributed by atoms with Crippen molar-refractivity contribution < 1.29 is 4.42 Å². The highest BCUT2D eigenvalue weighted by atomic mass is 16.3. The Balaban J connectivity index is 1.88. The molecule has 1 aliphatic heterocycles. The van der Waals surface area contributed by atoms with Crippen LogP contribution in [0.15, 0.2) is 22.6 Å². The van der Waals surface area contributed by atoms with E-state index in [1.807, 2.05) is 18.2 Å². The summed E-state index contributed by atoms with van der Waals surface area (Å²) < 4.78 is 5.73. The molecule has 0 saturated carbocycles. The number of oxazole rings is 1. The van der Waals surface area contributed by atoms with Crippen molar-refractivity contribution in [3.8, 4) is 0 Å². The molecule has 0 spiro atoms. The number of likely N-dealkylation sites (tertiary alicyclic amines) is 1. The van der Waals surface area contributed by atoms with E-state index in [2.05, 4.69) is 16.8 Å². The molecule has 1 aliphatic rings. The van der Waals surface area contributed by atoms with Crippen molar-refractivity contribution in [3.05, 3.63) is 24.1 Å². The fourth-order valence-corrected chi connectivity index (χ4v) is 2.48. The molecule has 0 aliphatic carbocycles. The molecule has 1 aromatic carbocycles. The Morgan fingerprint density at radius 2 is 2.41 bits per heavy atom. The normalized spacial score (nSPS) is 21.4. The molecule has 4 heteroatoms. The number of para-hydroxylation sites is 1. The molecule has 1 aromatic heterocycles. The van der Waals surface area contributed by atoms with Crippen molar-refractivity contribution in [1.29, 1.82) is 0 Å². The Labute approximate surface area is 100 Å². The van der Waals surface area contributed by atoms with Gasteiger partial charge in [-0.25, -0.2) is 4.98 Å². The van der Waals surface area contributed by atoms with Gasteiger partial charge in [-0.2, -0.15) is 0 Å². The van der Waals surface area contributed by atoms with E-state index >= 15 is 0 Å². The molecule has 1 fully saturated rings. The summed E-state index contributed by atoms with van der Waals surface area (Å²) in [4.78, 5) is 6.88. The molecule has 3 rings (SSSR count). The van der Waals surface area contributed by atoms with Crippen molar-refractivity contribution in [2.24, 2.45) is 0 Å². The number of benzene rings is 1. The molecule has 1 atom stereocenters. The van der Waals surface area contributed by atoms with Gasteiger partial charge in [0.25, 0.3) is 0 Å². The second-order valence-electron chi connectivity index (χ2n) is 4.76. The first-order chi connectivity index (χ1) is 8.24. The van der Waals surface area contributed by atoms with Crippen LogP contribution in [0.4, 0.5) is 5.69 Å². The molecule has 0 radical (unpaired) electrons. The van der Waals surface area contributed by atoms with Crippen molar-refractivity contribution in [1.82, 2.24) is 9.88 Å². The van der Waals surface area contributed by atoms with E-state index in [0.29, 0.717) is 11.7 Å². The van der Waals surface area contributed by atoms with Crippen molar-refractivity contribution >= 4 is 16.8 Å². The summed E-state index contributed by atoms with van der Waals surface area (Å²) in [6, 6.07) is 6.29. The summed E-state index contributed by atoms with van der Waals surface area (Å²) in [6.45, 7) is 4.18. The van der Waals surface area contributed by atoms with Gasteiger partial charge in [0, 0.05) is 6.04 Å². The predicted octanol–water partition coefficient (Wildman–Crippen LogP) is 2.39. The Morgan fingerprint density at radius 1 is 1.53 bits per heavy atom. The summed E-state index contributed by atoms with van der Waals surface area (Å²) in [5.74, 6) is 0.770. The molecule has 0 amide bonds. The number of aromatic nitrogens is 1. The Kier molecular flexibility index (Phi) is 2.52. The lowest BCUT2D eigenvalue weighted by Crippen LogP contribution is -2.26. The maximum absolute atomic E-state index is 5.87. The molecule has 2 aromatic rings. The maximum Gasteiger partial charge on any atom is 0.209 e. The van der Waals surface area contributed by atoms with Crippen LogP contribution in [0.25, 0.3) is 11.1 Å². The molecule has 1 saturated heterocycles. The van der Waals surface area contributed by atoms with Crippen molar-refractivity contribution in [2.75, 3.05) is 12.3 Å². The first-order valence-electron chi connectivity index (χ1n) is 6.12. The van der Waals surface area contributed by atoms with Gasteiger partial charge in [-0.3, -0.25) is 4.90 Å². The van der Waals surface area contributed by atoms with Crippen LogP contribution in [-0.4, -0.2) is 22.5 Å². The van der Waals surface area contributed by atoms with E-state index in [-0.39, 0.29) is 0 Å². The minimum atomic E-state index is 0.627. The zero-order valence-corrected chi connectivity index (χ0v) is 10.0. The van der Waals surface area contributed by atoms with Crippen LogP contribution in [0.3, 0.4) is 0 Å². The Morgan fingerprint density at radius 3 is 3.12 bits per heavy atom. The van der Waals surface area contributed by atoms with E-state index < -0.39 is 0 Å². The van der Waals surface area contributed by atoms with Crippen LogP contribution in [0.5, 0.6) is 0 Å². The van der Waals surface area contributed by atoms with Crippen molar-refractivity contribution in [3.63, 3.8) is 0 Å². The summed E-state index contributed by atoms with van der Waals surface area (Å²) in [6.07, 6.45) is 2.53. The maximum atomic E-state index is 5.87. The summed E-state index contributed by atoms with van der Waals surface area (Å²) in [5.41, 5.74) is 8.13. The molecular weight excluding hydrogens is 214 g/mol. The van der Waals surface area contributed by atoms with Crippen LogP contribution in [0.1, 0.15) is 25.7 Å². The SMILES string of the molecule is CC1CCCN1Cc1nc2c(N)cccc2o1. The van der Waals surface area contributed by atoms with Gasteiger partial charge in [-0.1, -0.05) is 6.07 Å². The van der Waals surface area contributed by atoms with E-state index in [1.165, 1.54) is 12.8 Å². The fourth-order valence-electron chi connectivity index (χ4n) is 2.48. The number of hydrogen-bond donors (Lipinski definition) is 1. The molecule has 2 N–H and O–H groups in total. The topological polar surface area (TPSA) is 55.3 Å². The van der Waals surface area contributed by atoms with Gasteiger partial charge in [-0.05, 0) is 38.4 Å². The van der Waals surface area contributed by atoms with Crippen LogP contribution >= 0.6 is 0 Å². The van der Waals surface area contributed by atoms with E-state index in [4.69, 9.17) is 10.2 Å². The fraction of sp³-hybridized carbons (Fsp3) is 0.462. The van der Waals surface area contributed by atoms with Gasteiger partial charge in [0.15, 0.2) is 5.58 Å². The Hall–Kier alpha value is -1.55. The van der Waals surface area contributed by atoms with Gasteiger partial charge < -0.3 is 10.2 Å². The number of nitrogen functional groups attached to an aromatic ring is 1. The van der Waals surface area contributed by atoms with Crippen LogP contribution in [0.2, 0.25) is 0 Å². The highest BCUT2D eigenvalue weighted by Gasteiger charge is 2.22. The zero-order valence-electron chi connectivity index (χ0n) is 10.0. The predicted molar refractivity (Wildman–Crippen MR) is 67.5 cm³/mol. The lowest BCUT2D eigenvalue weighted by atomic mass is 10.2. The summed E-state index contributed by atoms with van der Waals surface area (Å²) in [7, 11) is 0. The van der Waals surface area contributed by atoms with E-state index in [9.17, 15) is 0 Å². The van der Waals surface area contributed by atoms with Gasteiger partial charge in [0.05, 0.1) is 12.2 Å². The largest absolute Gasteiger partial charge is 0.439 e. The summed E-state index contributed by atoms with van der Waals surface area (Å²) in [5, 5.41) is 0. The average Bonchev–Trinajstić information content (AvgIpc) is 2.87. The molecule has 90 valence electrons. The van der Waals surface area contributed by atoms with Gasteiger partial charge in [-0.15, -0.1) is 0 Å². The number of hydrogen-bond acceptors (Lipinski definition) is 4. The Bertz CT molecular complexity index is 534. The van der Waals surface area contributed by atoms with Gasteiger partial charge in [0.1, 0.15) is 5.52 Å². The second kappa shape index (κ2) is 4.04. The number of nitrogens with zero attached hydrogens (tertiary/aromatic N) is 2. The summed E-state index contributed by atoms with van der Waals surface area (Å²) >= 11 is 0. The zero-order chi connectivity index (χ0) is 11.8. The molecule has 17 heavy (non-hydrogen) atoms. The third-order valence-electron chi connectivity index (χ3n) is 3.52. The molecule has 0 bridgehead atoms. The molecule has 1 unspecified atom stereocenters. The second-order valence-corrected chi connectivity index (χ2v) is 4.76. The smallest absolute Gasteiger partial charge is 0.209 e. The van der Waals surface area contributed by atoms with E-state index in [0.717, 1.165) is 30.1 Å². The number of fused-ring (bicyclic) bond motifs is 1. The third-order valence-corrected chi connectivity index (χ3v) is 3.52. The van der Waals surface area contributed by atoms with Crippen LogP contribution in [-0.2, 0) is 6.54 Å².